The molecule has 122 valence electrons. The maximum Gasteiger partial charge on any atom is 0.358 e. The van der Waals surface area contributed by atoms with E-state index in [0.717, 1.165) is 21.9 Å². The van der Waals surface area contributed by atoms with Crippen molar-refractivity contribution in [2.24, 2.45) is 0 Å². The SMILES string of the molecule is COc1ccc(-c2nc(C(=O)OCc3cccc(Cl)c3)cs2)cc1. The van der Waals surface area contributed by atoms with Crippen LogP contribution >= 0.6 is 22.9 Å². The van der Waals surface area contributed by atoms with Gasteiger partial charge in [-0.1, -0.05) is 23.7 Å². The number of halogens is 1. The quantitative estimate of drug-likeness (QED) is 0.612. The normalized spacial score (nSPS) is 10.4. The fraction of sp³-hybridized carbons (Fsp3) is 0.111. The number of rotatable bonds is 5. The Morgan fingerprint density at radius 3 is 2.71 bits per heavy atom. The van der Waals surface area contributed by atoms with Gasteiger partial charge in [0, 0.05) is 16.0 Å². The number of aromatic nitrogens is 1. The second-order valence-corrected chi connectivity index (χ2v) is 6.27. The topological polar surface area (TPSA) is 48.4 Å². The fourth-order valence-electron chi connectivity index (χ4n) is 2.08. The standard InChI is InChI=1S/C18H14ClNO3S/c1-22-15-7-5-13(6-8-15)17-20-16(11-24-17)18(21)23-10-12-3-2-4-14(19)9-12/h2-9,11H,10H2,1H3. The van der Waals surface area contributed by atoms with Crippen molar-refractivity contribution in [1.82, 2.24) is 4.98 Å². The number of ether oxygens (including phenoxy) is 2. The molecule has 0 radical (unpaired) electrons. The van der Waals surface area contributed by atoms with E-state index in [-0.39, 0.29) is 6.61 Å². The van der Waals surface area contributed by atoms with Crippen molar-refractivity contribution in [3.8, 4) is 16.3 Å². The van der Waals surface area contributed by atoms with E-state index in [1.54, 1.807) is 24.6 Å². The van der Waals surface area contributed by atoms with Gasteiger partial charge in [-0.3, -0.25) is 0 Å². The first-order valence-corrected chi connectivity index (χ1v) is 8.43. The first-order chi connectivity index (χ1) is 11.7. The van der Waals surface area contributed by atoms with Crippen molar-refractivity contribution in [1.29, 1.82) is 0 Å². The molecule has 4 nitrogen and oxygen atoms in total. The van der Waals surface area contributed by atoms with Crippen LogP contribution in [0.2, 0.25) is 5.02 Å². The lowest BCUT2D eigenvalue weighted by molar-refractivity contribution is 0.0467. The van der Waals surface area contributed by atoms with Gasteiger partial charge in [-0.2, -0.15) is 0 Å². The summed E-state index contributed by atoms with van der Waals surface area (Å²) in [5.74, 6) is 0.322. The third-order valence-corrected chi connectivity index (χ3v) is 4.44. The van der Waals surface area contributed by atoms with Gasteiger partial charge in [0.15, 0.2) is 5.69 Å². The minimum absolute atomic E-state index is 0.161. The van der Waals surface area contributed by atoms with Crippen molar-refractivity contribution in [3.63, 3.8) is 0 Å². The van der Waals surface area contributed by atoms with Gasteiger partial charge in [0.25, 0.3) is 0 Å². The minimum Gasteiger partial charge on any atom is -0.497 e. The van der Waals surface area contributed by atoms with Crippen LogP contribution in [0.5, 0.6) is 5.75 Å². The molecule has 0 spiro atoms. The van der Waals surface area contributed by atoms with E-state index in [4.69, 9.17) is 21.1 Å². The Morgan fingerprint density at radius 2 is 2.00 bits per heavy atom. The van der Waals surface area contributed by atoms with Crippen LogP contribution in [-0.2, 0) is 11.3 Å². The lowest BCUT2D eigenvalue weighted by atomic mass is 10.2. The molecule has 6 heteroatoms. The van der Waals surface area contributed by atoms with Gasteiger partial charge in [0.1, 0.15) is 17.4 Å². The smallest absolute Gasteiger partial charge is 0.358 e. The number of carbonyl (C=O) groups is 1. The summed E-state index contributed by atoms with van der Waals surface area (Å²) in [6, 6.07) is 14.7. The van der Waals surface area contributed by atoms with Crippen LogP contribution in [0.1, 0.15) is 16.1 Å². The maximum absolute atomic E-state index is 12.1. The van der Waals surface area contributed by atoms with E-state index < -0.39 is 5.97 Å². The lowest BCUT2D eigenvalue weighted by Gasteiger charge is -2.03. The molecular formula is C18H14ClNO3S. The second-order valence-electron chi connectivity index (χ2n) is 4.97. The molecule has 0 bridgehead atoms. The lowest BCUT2D eigenvalue weighted by Crippen LogP contribution is -2.05. The molecule has 3 rings (SSSR count). The average molecular weight is 360 g/mol. The van der Waals surface area contributed by atoms with Gasteiger partial charge >= 0.3 is 5.97 Å². The predicted molar refractivity (Wildman–Crippen MR) is 94.7 cm³/mol. The highest BCUT2D eigenvalue weighted by Crippen LogP contribution is 2.26. The van der Waals surface area contributed by atoms with Crippen LogP contribution in [-0.4, -0.2) is 18.1 Å². The van der Waals surface area contributed by atoms with Crippen LogP contribution in [0, 0.1) is 0 Å². The summed E-state index contributed by atoms with van der Waals surface area (Å²) in [5.41, 5.74) is 2.06. The second kappa shape index (κ2) is 7.47. The Morgan fingerprint density at radius 1 is 1.21 bits per heavy atom. The highest BCUT2D eigenvalue weighted by atomic mass is 35.5. The predicted octanol–water partition coefficient (Wildman–Crippen LogP) is 4.83. The van der Waals surface area contributed by atoms with Crippen molar-refractivity contribution in [2.75, 3.05) is 7.11 Å². The van der Waals surface area contributed by atoms with Gasteiger partial charge in [-0.25, -0.2) is 9.78 Å². The van der Waals surface area contributed by atoms with Crippen LogP contribution < -0.4 is 4.74 Å². The molecule has 1 aromatic heterocycles. The van der Waals surface area contributed by atoms with Crippen molar-refractivity contribution < 1.29 is 14.3 Å². The molecule has 1 heterocycles. The van der Waals surface area contributed by atoms with Gasteiger partial charge < -0.3 is 9.47 Å². The molecule has 0 saturated heterocycles. The number of methoxy groups -OCH3 is 1. The summed E-state index contributed by atoms with van der Waals surface area (Å²) in [4.78, 5) is 16.5. The van der Waals surface area contributed by atoms with Crippen molar-refractivity contribution >= 4 is 28.9 Å². The number of hydrogen-bond donors (Lipinski definition) is 0. The average Bonchev–Trinajstić information content (AvgIpc) is 3.10. The number of benzene rings is 2. The van der Waals surface area contributed by atoms with Crippen LogP contribution in [0.15, 0.2) is 53.9 Å². The van der Waals surface area contributed by atoms with E-state index in [0.29, 0.717) is 10.7 Å². The molecule has 0 aliphatic rings. The zero-order valence-corrected chi connectivity index (χ0v) is 14.4. The summed E-state index contributed by atoms with van der Waals surface area (Å²) in [7, 11) is 1.62. The Kier molecular flexibility index (Phi) is 5.13. The summed E-state index contributed by atoms with van der Waals surface area (Å²) in [6.07, 6.45) is 0. The Balaban J connectivity index is 1.66. The van der Waals surface area contributed by atoms with E-state index in [1.165, 1.54) is 11.3 Å². The third kappa shape index (κ3) is 3.93. The summed E-state index contributed by atoms with van der Waals surface area (Å²) in [6.45, 7) is 0.161. The first-order valence-electron chi connectivity index (χ1n) is 7.17. The zero-order valence-electron chi connectivity index (χ0n) is 12.9. The molecule has 0 aliphatic carbocycles. The maximum atomic E-state index is 12.1. The molecule has 0 saturated carbocycles. The molecular weight excluding hydrogens is 346 g/mol. The molecule has 0 unspecified atom stereocenters. The molecule has 3 aromatic rings. The highest BCUT2D eigenvalue weighted by Gasteiger charge is 2.13. The first kappa shape index (κ1) is 16.5. The monoisotopic (exact) mass is 359 g/mol. The molecule has 0 fully saturated rings. The zero-order chi connectivity index (χ0) is 16.9. The van der Waals surface area contributed by atoms with E-state index in [1.807, 2.05) is 36.4 Å². The van der Waals surface area contributed by atoms with E-state index in [9.17, 15) is 4.79 Å². The van der Waals surface area contributed by atoms with Crippen LogP contribution in [0.4, 0.5) is 0 Å². The number of nitrogens with zero attached hydrogens (tertiary/aromatic N) is 1. The third-order valence-electron chi connectivity index (χ3n) is 3.31. The summed E-state index contributed by atoms with van der Waals surface area (Å²) >= 11 is 7.30. The molecule has 0 aliphatic heterocycles. The Bertz CT molecular complexity index is 845. The molecule has 0 atom stereocenters. The van der Waals surface area contributed by atoms with Crippen molar-refractivity contribution in [2.45, 2.75) is 6.61 Å². The van der Waals surface area contributed by atoms with Gasteiger partial charge in [-0.05, 0) is 42.0 Å². The van der Waals surface area contributed by atoms with Gasteiger partial charge in [0.05, 0.1) is 7.11 Å². The Labute approximate surface area is 148 Å². The number of esters is 1. The molecule has 0 amide bonds. The molecule has 0 N–H and O–H groups in total. The largest absolute Gasteiger partial charge is 0.497 e. The minimum atomic E-state index is -0.453. The van der Waals surface area contributed by atoms with Crippen LogP contribution in [0.25, 0.3) is 10.6 Å². The summed E-state index contributed by atoms with van der Waals surface area (Å²) < 4.78 is 10.4. The number of thiazole rings is 1. The van der Waals surface area contributed by atoms with Crippen LogP contribution in [0.3, 0.4) is 0 Å². The highest BCUT2D eigenvalue weighted by molar-refractivity contribution is 7.13. The van der Waals surface area contributed by atoms with Gasteiger partial charge in [-0.15, -0.1) is 11.3 Å². The van der Waals surface area contributed by atoms with E-state index in [2.05, 4.69) is 4.98 Å². The molecule has 24 heavy (non-hydrogen) atoms. The summed E-state index contributed by atoms with van der Waals surface area (Å²) in [5, 5.41) is 3.06. The fourth-order valence-corrected chi connectivity index (χ4v) is 3.09. The van der Waals surface area contributed by atoms with Crippen molar-refractivity contribution in [3.05, 3.63) is 70.2 Å². The Hall–Kier alpha value is -2.37. The van der Waals surface area contributed by atoms with Gasteiger partial charge in [0.2, 0.25) is 0 Å². The van der Waals surface area contributed by atoms with E-state index >= 15 is 0 Å². The molecule has 2 aromatic carbocycles. The number of carbonyl (C=O) groups excluding carboxylic acids is 1. The number of hydrogen-bond acceptors (Lipinski definition) is 5.